The first-order valence-corrected chi connectivity index (χ1v) is 39.3. The summed E-state index contributed by atoms with van der Waals surface area (Å²) >= 11 is 0. The quantitative estimate of drug-likeness (QED) is 0.00791. The van der Waals surface area contributed by atoms with Gasteiger partial charge < -0.3 is 52.6 Å². The zero-order valence-electron chi connectivity index (χ0n) is 66.3. The summed E-state index contributed by atoms with van der Waals surface area (Å²) in [4.78, 5) is 34.4. The lowest BCUT2D eigenvalue weighted by Gasteiger charge is -2.09. The van der Waals surface area contributed by atoms with E-state index in [4.69, 9.17) is 26.0 Å². The van der Waals surface area contributed by atoms with E-state index >= 15 is 0 Å². The van der Waals surface area contributed by atoms with Gasteiger partial charge in [0.15, 0.2) is 0 Å². The summed E-state index contributed by atoms with van der Waals surface area (Å²) in [6, 6.07) is 83.7. The molecule has 8 aromatic heterocycles. The number of anilines is 5. The van der Waals surface area contributed by atoms with Crippen LogP contribution in [0.1, 0.15) is 102 Å². The third-order valence-corrected chi connectivity index (χ3v) is 18.2. The minimum atomic E-state index is -0.300. The monoisotopic (exact) mass is 1600 g/mol. The maximum atomic E-state index is 14.0. The van der Waals surface area contributed by atoms with Crippen molar-refractivity contribution in [2.45, 2.75) is 57.8 Å². The maximum Gasteiger partial charge on any atom is 0.134 e. The van der Waals surface area contributed by atoms with E-state index in [2.05, 4.69) is 213 Å². The molecule has 23 nitrogen and oxygen atoms in total. The van der Waals surface area contributed by atoms with E-state index < -0.39 is 0 Å². The van der Waals surface area contributed by atoms with Gasteiger partial charge in [0.05, 0.1) is 81.5 Å². The highest BCUT2D eigenvalue weighted by Crippen LogP contribution is 2.28. The number of oxime groups is 5. The Morgan fingerprint density at radius 2 is 0.603 bits per heavy atom. The average molecular weight is 1610 g/mol. The predicted molar refractivity (Wildman–Crippen MR) is 484 cm³/mol. The molecule has 0 unspecified atom stereocenters. The molecule has 7 aromatic carbocycles. The zero-order chi connectivity index (χ0) is 83.9. The largest absolute Gasteiger partial charge is 0.411 e. The van der Waals surface area contributed by atoms with Crippen LogP contribution >= 0.6 is 0 Å². The number of unbranched alkanes of at least 4 members (excludes halogenated alkanes) is 2. The third-order valence-electron chi connectivity index (χ3n) is 18.2. The third kappa shape index (κ3) is 27.9. The van der Waals surface area contributed by atoms with Crippen LogP contribution < -0.4 is 26.6 Å². The molecule has 15 aromatic rings. The van der Waals surface area contributed by atoms with Crippen LogP contribution in [0.3, 0.4) is 0 Å². The van der Waals surface area contributed by atoms with Gasteiger partial charge in [0, 0.05) is 132 Å². The highest BCUT2D eigenvalue weighted by molar-refractivity contribution is 5.96. The van der Waals surface area contributed by atoms with Gasteiger partial charge in [0.1, 0.15) is 22.9 Å². The second kappa shape index (κ2) is 48.4. The Hall–Kier alpha value is -16.0. The fraction of sp³-hybridized carbons (Fsp3) is 0.144. The number of para-hydroxylation sites is 2. The lowest BCUT2D eigenvalue weighted by atomic mass is 10.1. The number of hydrogen-bond acceptors (Lipinski definition) is 23. The van der Waals surface area contributed by atoms with Crippen LogP contribution in [-0.2, 0) is 12.8 Å². The summed E-state index contributed by atoms with van der Waals surface area (Å²) in [5.74, 6) is 17.9. The summed E-state index contributed by atoms with van der Waals surface area (Å²) < 4.78 is 14.0. The fourth-order valence-corrected chi connectivity index (χ4v) is 12.6. The first-order valence-electron chi connectivity index (χ1n) is 39.3. The molecule has 0 atom stereocenters. The number of halogens is 1. The van der Waals surface area contributed by atoms with Crippen molar-refractivity contribution in [3.63, 3.8) is 0 Å². The van der Waals surface area contributed by atoms with E-state index in [-0.39, 0.29) is 5.82 Å². The van der Waals surface area contributed by atoms with Gasteiger partial charge in [-0.3, -0.25) is 24.9 Å². The normalized spacial score (nSPS) is 10.8. The van der Waals surface area contributed by atoms with E-state index in [9.17, 15) is 4.39 Å². The molecule has 0 saturated carbocycles. The van der Waals surface area contributed by atoms with Crippen molar-refractivity contribution < 1.29 is 30.4 Å². The summed E-state index contributed by atoms with van der Waals surface area (Å²) in [6.07, 6.45) is 19.8. The molecule has 0 radical (unpaired) electrons. The zero-order valence-corrected chi connectivity index (χ0v) is 66.3. The molecule has 0 saturated heterocycles. The first kappa shape index (κ1) is 85.9. The van der Waals surface area contributed by atoms with Gasteiger partial charge in [0.2, 0.25) is 0 Å². The Morgan fingerprint density at radius 1 is 0.289 bits per heavy atom. The predicted octanol–water partition coefficient (Wildman–Crippen LogP) is 19.0. The molecular formula is C97H89FN18O5. The Bertz CT molecular complexity index is 5910. The molecule has 121 heavy (non-hydrogen) atoms. The molecule has 24 heteroatoms. The topological polar surface area (TPSA) is 326 Å². The number of nitrogens with zero attached hydrogens (tertiary/aromatic N) is 13. The van der Waals surface area contributed by atoms with Gasteiger partial charge in [-0.15, -0.1) is 0 Å². The van der Waals surface area contributed by atoms with Crippen molar-refractivity contribution in [2.24, 2.45) is 25.8 Å². The van der Waals surface area contributed by atoms with E-state index in [0.717, 1.165) is 115 Å². The summed E-state index contributed by atoms with van der Waals surface area (Å²) in [5, 5.41) is 82.3. The number of hydrogen-bond donors (Lipinski definition) is 10. The lowest BCUT2D eigenvalue weighted by Crippen LogP contribution is -2.03. The number of benzene rings is 7. The van der Waals surface area contributed by atoms with Crippen LogP contribution in [0, 0.1) is 41.3 Å². The van der Waals surface area contributed by atoms with Crippen LogP contribution in [0.2, 0.25) is 0 Å². The van der Waals surface area contributed by atoms with E-state index in [0.29, 0.717) is 87.9 Å². The highest BCUT2D eigenvalue weighted by Gasteiger charge is 2.09. The number of rotatable bonds is 26. The van der Waals surface area contributed by atoms with Gasteiger partial charge in [-0.25, -0.2) is 19.3 Å². The summed E-state index contributed by atoms with van der Waals surface area (Å²) in [6.45, 7) is 3.91. The number of pyridine rings is 8. The van der Waals surface area contributed by atoms with Gasteiger partial charge in [0.25, 0.3) is 0 Å². The first-order chi connectivity index (χ1) is 59.7. The van der Waals surface area contributed by atoms with Gasteiger partial charge in [-0.05, 0) is 182 Å². The minimum absolute atomic E-state index is 0.300. The van der Waals surface area contributed by atoms with Crippen LogP contribution in [0.25, 0.3) is 54.3 Å². The highest BCUT2D eigenvalue weighted by atomic mass is 19.1. The van der Waals surface area contributed by atoms with Crippen molar-refractivity contribution in [1.82, 2.24) is 39.9 Å². The van der Waals surface area contributed by atoms with Crippen molar-refractivity contribution in [2.75, 3.05) is 59.3 Å². The van der Waals surface area contributed by atoms with Crippen molar-refractivity contribution in [3.05, 3.63) is 342 Å². The van der Waals surface area contributed by atoms with Crippen molar-refractivity contribution in [1.29, 1.82) is 0 Å². The Morgan fingerprint density at radius 3 is 1.02 bits per heavy atom. The SMILES string of the molecule is O/N=C\c1cccc(C#CCCNc2cccc3ccccc23)n1.O/N=C\c1cccc(C#CCCNc2ccnc3cccc(F)c23)n1.O/N=C\c1cccc(C#CCCNc2ccnc3ccccc23)n1.O/N=C\c1cccc(CCCCNc2cccc3ccccc23)n1.O/N=C\c1cccc(CCCCNc2ccnc3ccccc23)n1. The second-order valence-corrected chi connectivity index (χ2v) is 26.7. The van der Waals surface area contributed by atoms with E-state index in [1.807, 2.05) is 128 Å². The van der Waals surface area contributed by atoms with Crippen LogP contribution in [0.5, 0.6) is 0 Å². The molecule has 0 aliphatic carbocycles. The number of aromatic nitrogens is 8. The van der Waals surface area contributed by atoms with Gasteiger partial charge >= 0.3 is 0 Å². The van der Waals surface area contributed by atoms with E-state index in [1.54, 1.807) is 60.9 Å². The summed E-state index contributed by atoms with van der Waals surface area (Å²) in [7, 11) is 0. The molecular weight excluding hydrogens is 1520 g/mol. The standard InChI is InChI=1S/C20H21N3O.C20H17N3O.C19H15FN4O.C19H20N4O.C19H16N4O/c2*24-22-15-18-11-6-10-17(23-18)9-3-4-14-21-20-13-5-8-16-7-1-2-12-19(16)20;20-16-8-4-9-17-19(16)18(10-12-22-17)21-11-2-1-5-14-6-3-7-15(24-14)13-23-25;2*24-22-14-16-8-5-7-15(23-16)6-3-4-12-20-19-11-13-21-18-10-2-1-9-17(18)19/h1-2,5-8,10-13,15,21,24H,3-4,9,14H2;1-2,5-8,10-13,15,21,24H,4,14H2;3-4,6-10,12-13,25H,2,11H2,(H,21,22);1-2,5,7-11,13-14,24H,3-4,6,12H2,(H,20,21);1-2,5,7-11,13-14,24H,4,12H2,(H,20,21)/b2*22-15-;23-13-;2*22-14-. The number of aryl methyl sites for hydroxylation is 2. The smallest absolute Gasteiger partial charge is 0.134 e. The van der Waals surface area contributed by atoms with Crippen LogP contribution in [-0.4, -0.2) is 130 Å². The fourth-order valence-electron chi connectivity index (χ4n) is 12.6. The summed E-state index contributed by atoms with van der Waals surface area (Å²) in [5.41, 5.74) is 14.8. The van der Waals surface area contributed by atoms with Crippen LogP contribution in [0.15, 0.2) is 305 Å². The molecule has 0 spiro atoms. The second-order valence-electron chi connectivity index (χ2n) is 26.7. The molecule has 10 N–H and O–H groups in total. The Kier molecular flexibility index (Phi) is 34.3. The molecule has 0 aliphatic rings. The minimum Gasteiger partial charge on any atom is -0.411 e. The average Bonchev–Trinajstić information content (AvgIpc) is 0.781. The molecule has 0 aliphatic heterocycles. The molecule has 0 amide bonds. The number of fused-ring (bicyclic) bond motifs is 5. The lowest BCUT2D eigenvalue weighted by molar-refractivity contribution is 0.321. The Balaban J connectivity index is 0.000000148. The van der Waals surface area contributed by atoms with Crippen molar-refractivity contribution in [3.8, 4) is 35.5 Å². The van der Waals surface area contributed by atoms with Gasteiger partial charge in [-0.2, -0.15) is 0 Å². The molecule has 0 bridgehead atoms. The number of nitrogens with one attached hydrogen (secondary N) is 5. The van der Waals surface area contributed by atoms with Gasteiger partial charge in [-0.1, -0.05) is 189 Å². The Labute approximate surface area is 700 Å². The van der Waals surface area contributed by atoms with Crippen LogP contribution in [0.4, 0.5) is 32.8 Å². The molecule has 604 valence electrons. The van der Waals surface area contributed by atoms with E-state index in [1.165, 1.54) is 64.4 Å². The molecule has 8 heterocycles. The molecule has 15 rings (SSSR count). The van der Waals surface area contributed by atoms with Crippen molar-refractivity contribution >= 4 is 114 Å². The maximum absolute atomic E-state index is 14.0. The molecule has 0 fully saturated rings.